The molecule has 4 nitrogen and oxygen atoms in total. The first-order chi connectivity index (χ1) is 6.63. The molecule has 2 N–H and O–H groups in total. The van der Waals surface area contributed by atoms with Crippen LogP contribution in [0.4, 0.5) is 0 Å². The number of amides is 1. The predicted molar refractivity (Wildman–Crippen MR) is 53.3 cm³/mol. The number of halogens is 1. The molecule has 1 rings (SSSR count). The summed E-state index contributed by atoms with van der Waals surface area (Å²) in [5, 5.41) is 11.7. The van der Waals surface area contributed by atoms with Crippen LogP contribution >= 0.6 is 11.6 Å². The number of carbonyl (C=O) groups excluding carboxylic acids is 1. The second-order valence-electron chi connectivity index (χ2n) is 2.92. The van der Waals surface area contributed by atoms with Gasteiger partial charge in [0.05, 0.1) is 6.61 Å². The number of nitrogens with zero attached hydrogens (tertiary/aromatic N) is 1. The highest BCUT2D eigenvalue weighted by Crippen LogP contribution is 2.07. The van der Waals surface area contributed by atoms with Crippen LogP contribution in [0.25, 0.3) is 0 Å². The van der Waals surface area contributed by atoms with E-state index in [1.54, 1.807) is 13.0 Å². The van der Waals surface area contributed by atoms with E-state index in [-0.39, 0.29) is 24.2 Å². The maximum Gasteiger partial charge on any atom is 0.270 e. The molecule has 1 atom stereocenters. The monoisotopic (exact) mass is 214 g/mol. The van der Waals surface area contributed by atoms with E-state index in [0.717, 1.165) is 0 Å². The van der Waals surface area contributed by atoms with Crippen LogP contribution < -0.4 is 5.32 Å². The van der Waals surface area contributed by atoms with Crippen LogP contribution in [0.3, 0.4) is 0 Å². The third-order valence-electron chi connectivity index (χ3n) is 1.61. The maximum absolute atomic E-state index is 11.4. The fourth-order valence-corrected chi connectivity index (χ4v) is 1.03. The van der Waals surface area contributed by atoms with E-state index < -0.39 is 0 Å². The Bertz CT molecular complexity index is 330. The average Bonchev–Trinajstić information content (AvgIpc) is 2.17. The highest BCUT2D eigenvalue weighted by atomic mass is 35.5. The van der Waals surface area contributed by atoms with E-state index in [9.17, 15) is 4.79 Å². The van der Waals surface area contributed by atoms with Crippen molar-refractivity contribution < 1.29 is 9.90 Å². The van der Waals surface area contributed by atoms with Crippen molar-refractivity contribution in [2.75, 3.05) is 6.61 Å². The highest BCUT2D eigenvalue weighted by molar-refractivity contribution is 6.30. The second-order valence-corrected chi connectivity index (χ2v) is 3.35. The molecule has 1 aromatic heterocycles. The van der Waals surface area contributed by atoms with Gasteiger partial charge < -0.3 is 10.4 Å². The molecule has 0 aliphatic carbocycles. The molecule has 5 heteroatoms. The Balaban J connectivity index is 2.70. The van der Waals surface area contributed by atoms with Gasteiger partial charge in [0.15, 0.2) is 0 Å². The zero-order chi connectivity index (χ0) is 10.6. The molecule has 0 spiro atoms. The van der Waals surface area contributed by atoms with E-state index in [1.165, 1.54) is 12.3 Å². The van der Waals surface area contributed by atoms with E-state index in [0.29, 0.717) is 5.02 Å². The van der Waals surface area contributed by atoms with Gasteiger partial charge in [0, 0.05) is 17.3 Å². The number of nitrogens with one attached hydrogen (secondary N) is 1. The third kappa shape index (κ3) is 2.97. The summed E-state index contributed by atoms with van der Waals surface area (Å²) >= 11 is 5.69. The molecule has 0 aliphatic heterocycles. The van der Waals surface area contributed by atoms with Crippen LogP contribution in [0.15, 0.2) is 18.3 Å². The molecule has 0 radical (unpaired) electrons. The van der Waals surface area contributed by atoms with Crippen LogP contribution in [0.1, 0.15) is 17.4 Å². The second kappa shape index (κ2) is 4.93. The van der Waals surface area contributed by atoms with Gasteiger partial charge in [-0.2, -0.15) is 0 Å². The van der Waals surface area contributed by atoms with E-state index in [4.69, 9.17) is 16.7 Å². The Labute approximate surface area is 86.9 Å². The minimum absolute atomic E-state index is 0.105. The van der Waals surface area contributed by atoms with E-state index in [2.05, 4.69) is 10.3 Å². The molecule has 1 amide bonds. The summed E-state index contributed by atoms with van der Waals surface area (Å²) in [5.41, 5.74) is 0.248. The number of rotatable bonds is 3. The van der Waals surface area contributed by atoms with Crippen molar-refractivity contribution in [1.82, 2.24) is 10.3 Å². The lowest BCUT2D eigenvalue weighted by molar-refractivity contribution is 0.0917. The maximum atomic E-state index is 11.4. The summed E-state index contributed by atoms with van der Waals surface area (Å²) in [6.45, 7) is 1.59. The molecule has 1 heterocycles. The largest absolute Gasteiger partial charge is 0.394 e. The normalized spacial score (nSPS) is 12.2. The van der Waals surface area contributed by atoms with Crippen molar-refractivity contribution in [3.05, 3.63) is 29.0 Å². The lowest BCUT2D eigenvalue weighted by Crippen LogP contribution is -2.35. The fourth-order valence-electron chi connectivity index (χ4n) is 0.872. The van der Waals surface area contributed by atoms with Crippen LogP contribution in [-0.2, 0) is 0 Å². The molecule has 0 saturated heterocycles. The Morgan fingerprint density at radius 3 is 3.07 bits per heavy atom. The molecule has 1 aromatic rings. The van der Waals surface area contributed by atoms with Gasteiger partial charge in [-0.3, -0.25) is 9.78 Å². The number of pyridine rings is 1. The molecule has 14 heavy (non-hydrogen) atoms. The van der Waals surface area contributed by atoms with Gasteiger partial charge in [0.25, 0.3) is 5.91 Å². The molecule has 0 saturated carbocycles. The Morgan fingerprint density at radius 1 is 1.79 bits per heavy atom. The predicted octanol–water partition coefficient (Wildman–Crippen LogP) is 0.846. The molecule has 0 aliphatic rings. The summed E-state index contributed by atoms with van der Waals surface area (Å²) < 4.78 is 0. The van der Waals surface area contributed by atoms with Crippen molar-refractivity contribution in [2.24, 2.45) is 0 Å². The van der Waals surface area contributed by atoms with Gasteiger partial charge in [0.2, 0.25) is 0 Å². The number of hydrogen-bond acceptors (Lipinski definition) is 3. The zero-order valence-electron chi connectivity index (χ0n) is 7.70. The SMILES string of the molecule is CC(CO)NC(=O)c1cc(Cl)ccn1. The first-order valence-corrected chi connectivity index (χ1v) is 4.54. The summed E-state index contributed by atoms with van der Waals surface area (Å²) in [4.78, 5) is 15.3. The molecule has 0 aromatic carbocycles. The van der Waals surface area contributed by atoms with Gasteiger partial charge in [-0.05, 0) is 19.1 Å². The van der Waals surface area contributed by atoms with E-state index >= 15 is 0 Å². The molecule has 1 unspecified atom stereocenters. The molecular weight excluding hydrogens is 204 g/mol. The van der Waals surface area contributed by atoms with Crippen molar-refractivity contribution >= 4 is 17.5 Å². The van der Waals surface area contributed by atoms with Crippen molar-refractivity contribution in [3.63, 3.8) is 0 Å². The number of hydrogen-bond donors (Lipinski definition) is 2. The minimum atomic E-state index is -0.339. The molecular formula is C9H11ClN2O2. The summed E-state index contributed by atoms with van der Waals surface area (Å²) in [5.74, 6) is -0.339. The average molecular weight is 215 g/mol. The Morgan fingerprint density at radius 2 is 2.50 bits per heavy atom. The van der Waals surface area contributed by atoms with Gasteiger partial charge in [-0.25, -0.2) is 0 Å². The quantitative estimate of drug-likeness (QED) is 0.784. The Hall–Kier alpha value is -1.13. The van der Waals surface area contributed by atoms with Crippen LogP contribution in [0, 0.1) is 0 Å². The van der Waals surface area contributed by atoms with Gasteiger partial charge in [-0.1, -0.05) is 11.6 Å². The van der Waals surface area contributed by atoms with Crippen molar-refractivity contribution in [2.45, 2.75) is 13.0 Å². The smallest absolute Gasteiger partial charge is 0.270 e. The number of aliphatic hydroxyl groups is 1. The topological polar surface area (TPSA) is 62.2 Å². The minimum Gasteiger partial charge on any atom is -0.394 e. The fraction of sp³-hybridized carbons (Fsp3) is 0.333. The van der Waals surface area contributed by atoms with Gasteiger partial charge in [-0.15, -0.1) is 0 Å². The third-order valence-corrected chi connectivity index (χ3v) is 1.84. The van der Waals surface area contributed by atoms with Crippen molar-refractivity contribution in [3.8, 4) is 0 Å². The summed E-state index contributed by atoms with van der Waals surface area (Å²) in [7, 11) is 0. The first-order valence-electron chi connectivity index (χ1n) is 4.16. The summed E-state index contributed by atoms with van der Waals surface area (Å²) in [6.07, 6.45) is 1.46. The standard InChI is InChI=1S/C9H11ClN2O2/c1-6(5-13)12-9(14)8-4-7(10)2-3-11-8/h2-4,6,13H,5H2,1H3,(H,12,14). The number of aromatic nitrogens is 1. The Kier molecular flexibility index (Phi) is 3.85. The summed E-state index contributed by atoms with van der Waals surface area (Å²) in [6, 6.07) is 2.78. The zero-order valence-corrected chi connectivity index (χ0v) is 8.45. The molecule has 0 fully saturated rings. The lowest BCUT2D eigenvalue weighted by Gasteiger charge is -2.09. The lowest BCUT2D eigenvalue weighted by atomic mass is 10.3. The van der Waals surface area contributed by atoms with Crippen LogP contribution in [0.2, 0.25) is 5.02 Å². The number of aliphatic hydroxyl groups excluding tert-OH is 1. The highest BCUT2D eigenvalue weighted by Gasteiger charge is 2.09. The first kappa shape index (κ1) is 10.9. The van der Waals surface area contributed by atoms with E-state index in [1.807, 2.05) is 0 Å². The van der Waals surface area contributed by atoms with Crippen molar-refractivity contribution in [1.29, 1.82) is 0 Å². The van der Waals surface area contributed by atoms with Crippen LogP contribution in [-0.4, -0.2) is 28.6 Å². The molecule has 0 bridgehead atoms. The number of carbonyl (C=O) groups is 1. The van der Waals surface area contributed by atoms with Crippen LogP contribution in [0.5, 0.6) is 0 Å². The van der Waals surface area contributed by atoms with Gasteiger partial charge in [0.1, 0.15) is 5.69 Å². The molecule has 76 valence electrons. The van der Waals surface area contributed by atoms with Gasteiger partial charge >= 0.3 is 0 Å².